The minimum absolute atomic E-state index is 0.0350. The average molecular weight is 341 g/mol. The second-order valence-corrected chi connectivity index (χ2v) is 6.44. The third-order valence-electron chi connectivity index (χ3n) is 4.71. The summed E-state index contributed by atoms with van der Waals surface area (Å²) in [6.45, 7) is 1.81. The maximum atomic E-state index is 12.9. The normalized spacial score (nSPS) is 14.6. The van der Waals surface area contributed by atoms with Crippen molar-refractivity contribution in [3.8, 4) is 0 Å². The van der Waals surface area contributed by atoms with Crippen LogP contribution in [0.3, 0.4) is 0 Å². The fourth-order valence-electron chi connectivity index (χ4n) is 3.00. The molecule has 134 valence electrons. The summed E-state index contributed by atoms with van der Waals surface area (Å²) in [4.78, 5) is 14.5. The van der Waals surface area contributed by atoms with E-state index < -0.39 is 6.10 Å². The first-order valence-corrected chi connectivity index (χ1v) is 8.69. The Kier molecular flexibility index (Phi) is 7.16. The third-order valence-corrected chi connectivity index (χ3v) is 4.71. The summed E-state index contributed by atoms with van der Waals surface area (Å²) in [6.07, 6.45) is 0.243. The lowest BCUT2D eigenvalue weighted by atomic mass is 9.93. The Balaban J connectivity index is 2.09. The van der Waals surface area contributed by atoms with Gasteiger partial charge < -0.3 is 15.1 Å². The predicted molar refractivity (Wildman–Crippen MR) is 99.0 cm³/mol. The number of hydrogen-bond donors (Lipinski definition) is 2. The summed E-state index contributed by atoms with van der Waals surface area (Å²) in [5.74, 6) is -0.358. The maximum absolute atomic E-state index is 12.9. The molecule has 3 atom stereocenters. The molecular weight excluding hydrogens is 314 g/mol. The quantitative estimate of drug-likeness (QED) is 0.776. The number of hydrogen-bond acceptors (Lipinski definition) is 3. The Morgan fingerprint density at radius 3 is 2.16 bits per heavy atom. The highest BCUT2D eigenvalue weighted by molar-refractivity contribution is 5.79. The van der Waals surface area contributed by atoms with Crippen LogP contribution in [0.5, 0.6) is 0 Å². The van der Waals surface area contributed by atoms with Crippen LogP contribution in [0, 0.1) is 5.92 Å². The van der Waals surface area contributed by atoms with Crippen LogP contribution in [0.2, 0.25) is 0 Å². The van der Waals surface area contributed by atoms with Crippen LogP contribution < -0.4 is 0 Å². The van der Waals surface area contributed by atoms with Crippen molar-refractivity contribution >= 4 is 5.91 Å². The van der Waals surface area contributed by atoms with E-state index in [1.807, 2.05) is 67.6 Å². The van der Waals surface area contributed by atoms with E-state index in [0.717, 1.165) is 11.1 Å². The molecule has 2 N–H and O–H groups in total. The predicted octanol–water partition coefficient (Wildman–Crippen LogP) is 2.81. The van der Waals surface area contributed by atoms with Gasteiger partial charge in [-0.3, -0.25) is 4.79 Å². The zero-order chi connectivity index (χ0) is 18.2. The number of carbonyl (C=O) groups excluding carboxylic acids is 1. The first kappa shape index (κ1) is 19.2. The van der Waals surface area contributed by atoms with Gasteiger partial charge in [-0.05, 0) is 30.9 Å². The SMILES string of the molecule is C[C@@H]([C@@H](O)c1ccccc1)N(C)C(=O)[C@@H](CCO)Cc1ccccc1. The molecule has 4 nitrogen and oxygen atoms in total. The second kappa shape index (κ2) is 9.35. The number of rotatable bonds is 8. The van der Waals surface area contributed by atoms with Crippen LogP contribution >= 0.6 is 0 Å². The fourth-order valence-corrected chi connectivity index (χ4v) is 3.00. The van der Waals surface area contributed by atoms with Gasteiger partial charge in [0, 0.05) is 19.6 Å². The van der Waals surface area contributed by atoms with Crippen molar-refractivity contribution in [2.24, 2.45) is 5.92 Å². The molecule has 0 saturated carbocycles. The van der Waals surface area contributed by atoms with E-state index in [0.29, 0.717) is 12.8 Å². The molecule has 0 aliphatic rings. The molecule has 0 radical (unpaired) electrons. The second-order valence-electron chi connectivity index (χ2n) is 6.44. The Morgan fingerprint density at radius 1 is 1.04 bits per heavy atom. The molecule has 0 aliphatic carbocycles. The Hall–Kier alpha value is -2.17. The smallest absolute Gasteiger partial charge is 0.226 e. The molecule has 2 aromatic carbocycles. The van der Waals surface area contributed by atoms with Crippen LogP contribution in [0.25, 0.3) is 0 Å². The zero-order valence-corrected chi connectivity index (χ0v) is 14.9. The van der Waals surface area contributed by atoms with E-state index in [9.17, 15) is 15.0 Å². The fraction of sp³-hybridized carbons (Fsp3) is 0.381. The summed E-state index contributed by atoms with van der Waals surface area (Å²) in [7, 11) is 1.72. The molecular formula is C21H27NO3. The molecule has 1 amide bonds. The molecule has 2 aromatic rings. The van der Waals surface area contributed by atoms with Gasteiger partial charge in [0.1, 0.15) is 0 Å². The lowest BCUT2D eigenvalue weighted by Crippen LogP contribution is -2.43. The monoisotopic (exact) mass is 341 g/mol. The topological polar surface area (TPSA) is 60.8 Å². The van der Waals surface area contributed by atoms with Crippen molar-refractivity contribution in [3.05, 3.63) is 71.8 Å². The summed E-state index contributed by atoms with van der Waals surface area (Å²) < 4.78 is 0. The van der Waals surface area contributed by atoms with E-state index in [2.05, 4.69) is 0 Å². The van der Waals surface area contributed by atoms with Crippen LogP contribution in [-0.4, -0.2) is 40.7 Å². The van der Waals surface area contributed by atoms with Crippen molar-refractivity contribution in [3.63, 3.8) is 0 Å². The van der Waals surface area contributed by atoms with Crippen molar-refractivity contribution < 1.29 is 15.0 Å². The van der Waals surface area contributed by atoms with Gasteiger partial charge in [0.15, 0.2) is 0 Å². The van der Waals surface area contributed by atoms with Gasteiger partial charge in [-0.2, -0.15) is 0 Å². The third kappa shape index (κ3) is 5.15. The van der Waals surface area contributed by atoms with Crippen LogP contribution in [-0.2, 0) is 11.2 Å². The summed E-state index contributed by atoms with van der Waals surface area (Å²) in [6, 6.07) is 18.8. The van der Waals surface area contributed by atoms with Gasteiger partial charge in [0.05, 0.1) is 12.1 Å². The van der Waals surface area contributed by atoms with E-state index in [1.54, 1.807) is 11.9 Å². The minimum atomic E-state index is -0.748. The molecule has 0 unspecified atom stereocenters. The van der Waals surface area contributed by atoms with Crippen molar-refractivity contribution in [1.82, 2.24) is 4.90 Å². The largest absolute Gasteiger partial charge is 0.396 e. The molecule has 0 aromatic heterocycles. The summed E-state index contributed by atoms with van der Waals surface area (Å²) in [5, 5.41) is 19.9. The van der Waals surface area contributed by atoms with E-state index in [4.69, 9.17) is 0 Å². The van der Waals surface area contributed by atoms with Gasteiger partial charge in [-0.15, -0.1) is 0 Å². The zero-order valence-electron chi connectivity index (χ0n) is 14.9. The Bertz CT molecular complexity index is 645. The molecule has 0 aliphatic heterocycles. The van der Waals surface area contributed by atoms with Crippen molar-refractivity contribution in [1.29, 1.82) is 0 Å². The average Bonchev–Trinajstić information content (AvgIpc) is 2.67. The number of carbonyl (C=O) groups is 1. The summed E-state index contributed by atoms with van der Waals surface area (Å²) >= 11 is 0. The van der Waals surface area contributed by atoms with Crippen molar-refractivity contribution in [2.45, 2.75) is 31.9 Å². The highest BCUT2D eigenvalue weighted by atomic mass is 16.3. The molecule has 0 spiro atoms. The number of aliphatic hydroxyl groups is 2. The molecule has 4 heteroatoms. The van der Waals surface area contributed by atoms with Gasteiger partial charge in [-0.1, -0.05) is 60.7 Å². The lowest BCUT2D eigenvalue weighted by Gasteiger charge is -2.32. The van der Waals surface area contributed by atoms with Crippen LogP contribution in [0.15, 0.2) is 60.7 Å². The highest BCUT2D eigenvalue weighted by Crippen LogP contribution is 2.23. The Labute approximate surface area is 149 Å². The number of nitrogens with zero attached hydrogens (tertiary/aromatic N) is 1. The van der Waals surface area contributed by atoms with Gasteiger partial charge >= 0.3 is 0 Å². The van der Waals surface area contributed by atoms with E-state index in [1.165, 1.54) is 0 Å². The molecule has 25 heavy (non-hydrogen) atoms. The molecule has 0 bridgehead atoms. The van der Waals surface area contributed by atoms with Crippen molar-refractivity contribution in [2.75, 3.05) is 13.7 Å². The van der Waals surface area contributed by atoms with Crippen LogP contribution in [0.4, 0.5) is 0 Å². The first-order valence-electron chi connectivity index (χ1n) is 8.69. The standard InChI is InChI=1S/C21H27NO3/c1-16(20(24)18-11-7-4-8-12-18)22(2)21(25)19(13-14-23)15-17-9-5-3-6-10-17/h3-12,16,19-20,23-24H,13-15H2,1-2H3/t16-,19-,20+/m0/s1. The lowest BCUT2D eigenvalue weighted by molar-refractivity contribution is -0.138. The van der Waals surface area contributed by atoms with Gasteiger partial charge in [-0.25, -0.2) is 0 Å². The minimum Gasteiger partial charge on any atom is -0.396 e. The molecule has 0 saturated heterocycles. The number of aliphatic hydroxyl groups excluding tert-OH is 2. The van der Waals surface area contributed by atoms with E-state index in [-0.39, 0.29) is 24.5 Å². The van der Waals surface area contributed by atoms with E-state index >= 15 is 0 Å². The molecule has 0 heterocycles. The maximum Gasteiger partial charge on any atom is 0.226 e. The molecule has 0 fully saturated rings. The number of likely N-dealkylation sites (N-methyl/N-ethyl adjacent to an activating group) is 1. The number of amides is 1. The van der Waals surface area contributed by atoms with Gasteiger partial charge in [0.25, 0.3) is 0 Å². The van der Waals surface area contributed by atoms with Gasteiger partial charge in [0.2, 0.25) is 5.91 Å². The van der Waals surface area contributed by atoms with Crippen LogP contribution in [0.1, 0.15) is 30.6 Å². The summed E-state index contributed by atoms with van der Waals surface area (Å²) in [5.41, 5.74) is 1.86. The first-order chi connectivity index (χ1) is 12.0. The highest BCUT2D eigenvalue weighted by Gasteiger charge is 2.29. The Morgan fingerprint density at radius 2 is 1.60 bits per heavy atom. The molecule has 2 rings (SSSR count). The number of benzene rings is 2.